The average Bonchev–Trinajstić information content (AvgIpc) is 2.19. The van der Waals surface area contributed by atoms with Crippen molar-refractivity contribution in [2.24, 2.45) is 0 Å². The Labute approximate surface area is 111 Å². The molecule has 0 heterocycles. The maximum absolute atomic E-state index is 5.21. The molecule has 0 saturated carbocycles. The molecule has 0 aliphatic rings. The summed E-state index contributed by atoms with van der Waals surface area (Å²) < 4.78 is 0. The lowest BCUT2D eigenvalue weighted by Crippen LogP contribution is -2.22. The highest BCUT2D eigenvalue weighted by atomic mass is 17.3. The van der Waals surface area contributed by atoms with E-state index in [2.05, 4.69) is 6.92 Å². The molecule has 108 valence electrons. The minimum absolute atomic E-state index is 0.258. The third kappa shape index (κ3) is 11.7. The molecule has 0 fully saturated rings. The average molecular weight is 260 g/mol. The van der Waals surface area contributed by atoms with Gasteiger partial charge in [0.25, 0.3) is 0 Å². The van der Waals surface area contributed by atoms with Gasteiger partial charge in [0.2, 0.25) is 0 Å². The predicted molar refractivity (Wildman–Crippen MR) is 71.5 cm³/mol. The second-order valence-electron chi connectivity index (χ2n) is 6.22. The summed E-state index contributed by atoms with van der Waals surface area (Å²) in [7, 11) is 0. The second kappa shape index (κ2) is 7.64. The van der Waals surface area contributed by atoms with Gasteiger partial charge in [0, 0.05) is 6.08 Å². The summed E-state index contributed by atoms with van der Waals surface area (Å²) >= 11 is 0. The molecule has 0 aliphatic carbocycles. The molecule has 0 spiro atoms. The zero-order valence-corrected chi connectivity index (χ0v) is 12.8. The van der Waals surface area contributed by atoms with Crippen LogP contribution in [0.15, 0.2) is 12.0 Å². The summed E-state index contributed by atoms with van der Waals surface area (Å²) in [4.78, 5) is 20.8. The minimum atomic E-state index is -0.394. The smallest absolute Gasteiger partial charge is 0.295 e. The maximum atomic E-state index is 5.21. The Bertz CT molecular complexity index is 226. The van der Waals surface area contributed by atoms with Crippen molar-refractivity contribution in [1.82, 2.24) is 0 Å². The number of rotatable bonds is 7. The Morgan fingerprint density at radius 2 is 1.33 bits per heavy atom. The van der Waals surface area contributed by atoms with Crippen LogP contribution >= 0.6 is 0 Å². The van der Waals surface area contributed by atoms with Gasteiger partial charge in [-0.05, 0) is 54.4 Å². The lowest BCUT2D eigenvalue weighted by atomic mass is 10.2. The fraction of sp³-hybridized carbons (Fsp3) is 0.857. The Kier molecular flexibility index (Phi) is 7.33. The van der Waals surface area contributed by atoms with E-state index in [0.29, 0.717) is 0 Å². The molecule has 4 heteroatoms. The van der Waals surface area contributed by atoms with Crippen molar-refractivity contribution < 1.29 is 19.6 Å². The Hall–Kier alpha value is -0.740. The summed E-state index contributed by atoms with van der Waals surface area (Å²) in [6, 6.07) is 0. The van der Waals surface area contributed by atoms with Crippen molar-refractivity contribution in [2.45, 2.75) is 78.9 Å². The molecular weight excluding hydrogens is 232 g/mol. The van der Waals surface area contributed by atoms with Crippen LogP contribution in [0.2, 0.25) is 0 Å². The number of unbranched alkanes of at least 4 members (excludes halogenated alkanes) is 2. The lowest BCUT2D eigenvalue weighted by molar-refractivity contribution is -0.415. The van der Waals surface area contributed by atoms with Crippen molar-refractivity contribution in [1.29, 1.82) is 0 Å². The van der Waals surface area contributed by atoms with Gasteiger partial charge in [0.05, 0.1) is 0 Å². The highest BCUT2D eigenvalue weighted by molar-refractivity contribution is 4.81. The Balaban J connectivity index is 4.29. The molecule has 0 radical (unpaired) electrons. The zero-order chi connectivity index (χ0) is 14.2. The molecule has 0 rings (SSSR count). The van der Waals surface area contributed by atoms with Crippen LogP contribution in [0.1, 0.15) is 67.7 Å². The third-order valence-electron chi connectivity index (χ3n) is 1.62. The first-order valence-electron chi connectivity index (χ1n) is 6.55. The van der Waals surface area contributed by atoms with Crippen LogP contribution < -0.4 is 0 Å². The topological polar surface area (TPSA) is 36.9 Å². The van der Waals surface area contributed by atoms with Gasteiger partial charge in [0.15, 0.2) is 0 Å². The monoisotopic (exact) mass is 260 g/mol. The molecule has 18 heavy (non-hydrogen) atoms. The summed E-state index contributed by atoms with van der Waals surface area (Å²) in [5.74, 6) is 0.258. The van der Waals surface area contributed by atoms with Gasteiger partial charge in [0.1, 0.15) is 11.2 Å². The van der Waals surface area contributed by atoms with E-state index in [1.54, 1.807) is 0 Å². The molecule has 0 aromatic carbocycles. The summed E-state index contributed by atoms with van der Waals surface area (Å²) in [5, 5.41) is 0. The molecule has 0 aromatic heterocycles. The summed E-state index contributed by atoms with van der Waals surface area (Å²) in [6.07, 6.45) is 4.89. The van der Waals surface area contributed by atoms with Crippen LogP contribution in [-0.2, 0) is 19.6 Å². The quantitative estimate of drug-likeness (QED) is 0.292. The Morgan fingerprint density at radius 3 is 1.67 bits per heavy atom. The van der Waals surface area contributed by atoms with E-state index >= 15 is 0 Å². The molecule has 0 N–H and O–H groups in total. The van der Waals surface area contributed by atoms with Crippen LogP contribution in [0.3, 0.4) is 0 Å². The van der Waals surface area contributed by atoms with Gasteiger partial charge in [-0.2, -0.15) is 9.78 Å². The van der Waals surface area contributed by atoms with Gasteiger partial charge in [-0.1, -0.05) is 13.3 Å². The normalized spacial score (nSPS) is 12.2. The van der Waals surface area contributed by atoms with Crippen LogP contribution in [0, 0.1) is 0 Å². The van der Waals surface area contributed by atoms with Crippen LogP contribution in [0.5, 0.6) is 0 Å². The summed E-state index contributed by atoms with van der Waals surface area (Å²) in [6.45, 7) is 13.6. The largest absolute Gasteiger partial charge is 0.348 e. The van der Waals surface area contributed by atoms with Crippen molar-refractivity contribution >= 4 is 0 Å². The van der Waals surface area contributed by atoms with Crippen LogP contribution in [0.4, 0.5) is 0 Å². The minimum Gasteiger partial charge on any atom is -0.295 e. The van der Waals surface area contributed by atoms with Crippen molar-refractivity contribution in [3.8, 4) is 0 Å². The van der Waals surface area contributed by atoms with E-state index in [1.165, 1.54) is 0 Å². The highest BCUT2D eigenvalue weighted by Crippen LogP contribution is 2.16. The fourth-order valence-electron chi connectivity index (χ4n) is 0.838. The van der Waals surface area contributed by atoms with Gasteiger partial charge < -0.3 is 0 Å². The predicted octanol–water partition coefficient (Wildman–Crippen LogP) is 4.51. The highest BCUT2D eigenvalue weighted by Gasteiger charge is 2.17. The number of hydrogen-bond donors (Lipinski definition) is 0. The lowest BCUT2D eigenvalue weighted by Gasteiger charge is -2.21. The fourth-order valence-corrected chi connectivity index (χ4v) is 0.838. The molecule has 0 amide bonds. The standard InChI is InChI=1S/C14H28O4/c1-8-9-10-11-12(15-17-13(2,3)4)16-18-14(5,6)7/h11H,8-10H2,1-7H3. The molecule has 0 bridgehead atoms. The molecule has 0 aliphatic heterocycles. The third-order valence-corrected chi connectivity index (χ3v) is 1.62. The number of allylic oxidation sites excluding steroid dienone is 1. The molecule has 0 saturated heterocycles. The van der Waals surface area contributed by atoms with Crippen molar-refractivity contribution in [2.75, 3.05) is 0 Å². The first-order chi connectivity index (χ1) is 8.14. The van der Waals surface area contributed by atoms with Gasteiger partial charge >= 0.3 is 5.95 Å². The van der Waals surface area contributed by atoms with E-state index in [1.807, 2.05) is 47.6 Å². The first kappa shape index (κ1) is 17.3. The van der Waals surface area contributed by atoms with Gasteiger partial charge in [-0.25, -0.2) is 0 Å². The van der Waals surface area contributed by atoms with Crippen LogP contribution in [-0.4, -0.2) is 11.2 Å². The van der Waals surface area contributed by atoms with E-state index in [4.69, 9.17) is 19.6 Å². The molecule has 0 atom stereocenters. The number of hydrogen-bond acceptors (Lipinski definition) is 4. The van der Waals surface area contributed by atoms with E-state index in [-0.39, 0.29) is 5.95 Å². The van der Waals surface area contributed by atoms with E-state index in [0.717, 1.165) is 19.3 Å². The van der Waals surface area contributed by atoms with Crippen LogP contribution in [0.25, 0.3) is 0 Å². The SMILES string of the molecule is CCCCC=C(OOC(C)(C)C)OOC(C)(C)C. The summed E-state index contributed by atoms with van der Waals surface area (Å²) in [5.41, 5.74) is -0.788. The van der Waals surface area contributed by atoms with E-state index < -0.39 is 11.2 Å². The molecule has 0 unspecified atom stereocenters. The van der Waals surface area contributed by atoms with Gasteiger partial charge in [-0.15, -0.1) is 0 Å². The maximum Gasteiger partial charge on any atom is 0.348 e. The molecule has 0 aromatic rings. The zero-order valence-electron chi connectivity index (χ0n) is 12.8. The molecule has 4 nitrogen and oxygen atoms in total. The van der Waals surface area contributed by atoms with Gasteiger partial charge in [-0.3, -0.25) is 9.78 Å². The molecular formula is C14H28O4. The van der Waals surface area contributed by atoms with Crippen molar-refractivity contribution in [3.63, 3.8) is 0 Å². The Morgan fingerprint density at radius 1 is 0.889 bits per heavy atom. The second-order valence-corrected chi connectivity index (χ2v) is 6.22. The van der Waals surface area contributed by atoms with E-state index in [9.17, 15) is 0 Å². The van der Waals surface area contributed by atoms with Crippen molar-refractivity contribution in [3.05, 3.63) is 12.0 Å². The first-order valence-corrected chi connectivity index (χ1v) is 6.55.